The number of nitrogens with zero attached hydrogens (tertiary/aromatic N) is 1. The van der Waals surface area contributed by atoms with E-state index in [9.17, 15) is 4.79 Å². The van der Waals surface area contributed by atoms with Gasteiger partial charge in [-0.2, -0.15) is 0 Å². The van der Waals surface area contributed by atoms with E-state index in [2.05, 4.69) is 10.6 Å². The highest BCUT2D eigenvalue weighted by Gasteiger charge is 2.14. The predicted octanol–water partition coefficient (Wildman–Crippen LogP) is 4.94. The molecule has 0 spiro atoms. The number of amides is 2. The number of rotatable bonds is 4. The van der Waals surface area contributed by atoms with Gasteiger partial charge in [-0.15, -0.1) is 0 Å². The average molecular weight is 352 g/mol. The van der Waals surface area contributed by atoms with Crippen molar-refractivity contribution in [1.29, 1.82) is 0 Å². The molecule has 0 aliphatic heterocycles. The van der Waals surface area contributed by atoms with Crippen molar-refractivity contribution in [1.82, 2.24) is 5.32 Å². The van der Waals surface area contributed by atoms with Crippen LogP contribution in [0.4, 0.5) is 16.2 Å². The number of anilines is 2. The Morgan fingerprint density at radius 3 is 2.48 bits per heavy atom. The van der Waals surface area contributed by atoms with Gasteiger partial charge in [-0.05, 0) is 36.8 Å². The number of halogens is 2. The normalized spacial score (nSPS) is 11.7. The van der Waals surface area contributed by atoms with Crippen LogP contribution in [0.2, 0.25) is 10.0 Å². The summed E-state index contributed by atoms with van der Waals surface area (Å²) in [5.41, 5.74) is 2.48. The van der Waals surface area contributed by atoms with E-state index in [0.29, 0.717) is 10.0 Å². The van der Waals surface area contributed by atoms with Crippen LogP contribution in [0.3, 0.4) is 0 Å². The molecule has 6 heteroatoms. The summed E-state index contributed by atoms with van der Waals surface area (Å²) in [6.07, 6.45) is 0. The fourth-order valence-electron chi connectivity index (χ4n) is 2.25. The number of urea groups is 1. The molecule has 23 heavy (non-hydrogen) atoms. The molecule has 122 valence electrons. The molecule has 0 fully saturated rings. The van der Waals surface area contributed by atoms with Crippen LogP contribution in [0, 0.1) is 0 Å². The van der Waals surface area contributed by atoms with Crippen molar-refractivity contribution in [3.63, 3.8) is 0 Å². The van der Waals surface area contributed by atoms with Crippen molar-refractivity contribution in [2.24, 2.45) is 0 Å². The van der Waals surface area contributed by atoms with Gasteiger partial charge in [0.1, 0.15) is 0 Å². The van der Waals surface area contributed by atoms with Gasteiger partial charge in [-0.25, -0.2) is 4.79 Å². The minimum Gasteiger partial charge on any atom is -0.376 e. The maximum atomic E-state index is 12.2. The van der Waals surface area contributed by atoms with Crippen molar-refractivity contribution in [2.75, 3.05) is 24.3 Å². The fraction of sp³-hybridized carbons (Fsp3) is 0.235. The second-order valence-corrected chi connectivity index (χ2v) is 6.24. The Labute approximate surface area is 146 Å². The molecule has 0 aliphatic rings. The summed E-state index contributed by atoms with van der Waals surface area (Å²) < 4.78 is 0. The molecule has 0 aliphatic carbocycles. The molecule has 0 aromatic heterocycles. The molecule has 1 unspecified atom stereocenters. The standard InChI is InChI=1S/C17H19Cl2N3O/c1-11(13-9-8-12(18)10-14(13)19)20-17(23)21-15-6-4-5-7-16(15)22(2)3/h4-11H,1-3H3,(H2,20,21,23). The molecule has 4 nitrogen and oxygen atoms in total. The van der Waals surface area contributed by atoms with E-state index in [1.165, 1.54) is 0 Å². The Hall–Kier alpha value is -1.91. The van der Waals surface area contributed by atoms with Gasteiger partial charge in [0.05, 0.1) is 17.4 Å². The Bertz CT molecular complexity index is 704. The smallest absolute Gasteiger partial charge is 0.319 e. The number of carbonyl (C=O) groups excluding carboxylic acids is 1. The topological polar surface area (TPSA) is 44.4 Å². The van der Waals surface area contributed by atoms with Crippen LogP contribution in [0.5, 0.6) is 0 Å². The van der Waals surface area contributed by atoms with Crippen molar-refractivity contribution in [3.05, 3.63) is 58.1 Å². The number of benzene rings is 2. The van der Waals surface area contributed by atoms with Gasteiger partial charge in [0, 0.05) is 24.1 Å². The highest BCUT2D eigenvalue weighted by atomic mass is 35.5. The third-order valence-corrected chi connectivity index (χ3v) is 3.97. The molecule has 2 aromatic carbocycles. The van der Waals surface area contributed by atoms with Crippen molar-refractivity contribution in [2.45, 2.75) is 13.0 Å². The van der Waals surface area contributed by atoms with Crippen LogP contribution >= 0.6 is 23.2 Å². The van der Waals surface area contributed by atoms with Gasteiger partial charge in [0.15, 0.2) is 0 Å². The molecule has 0 heterocycles. The van der Waals surface area contributed by atoms with Crippen molar-refractivity contribution < 1.29 is 4.79 Å². The number of nitrogens with one attached hydrogen (secondary N) is 2. The van der Waals surface area contributed by atoms with E-state index in [0.717, 1.165) is 16.9 Å². The summed E-state index contributed by atoms with van der Waals surface area (Å²) in [6.45, 7) is 1.87. The largest absolute Gasteiger partial charge is 0.376 e. The first kappa shape index (κ1) is 17.4. The molecule has 2 rings (SSSR count). The lowest BCUT2D eigenvalue weighted by molar-refractivity contribution is 0.249. The lowest BCUT2D eigenvalue weighted by Crippen LogP contribution is -2.31. The molecule has 2 aromatic rings. The fourth-order valence-corrected chi connectivity index (χ4v) is 2.83. The van der Waals surface area contributed by atoms with Gasteiger partial charge in [-0.1, -0.05) is 41.4 Å². The van der Waals surface area contributed by atoms with Crippen LogP contribution < -0.4 is 15.5 Å². The quantitative estimate of drug-likeness (QED) is 0.818. The second-order valence-electron chi connectivity index (χ2n) is 5.40. The molecular formula is C17H19Cl2N3O. The SMILES string of the molecule is CC(NC(=O)Nc1ccccc1N(C)C)c1ccc(Cl)cc1Cl. The minimum atomic E-state index is -0.294. The van der Waals surface area contributed by atoms with Gasteiger partial charge in [-0.3, -0.25) is 0 Å². The Morgan fingerprint density at radius 2 is 1.83 bits per heavy atom. The zero-order chi connectivity index (χ0) is 17.0. The number of para-hydroxylation sites is 2. The zero-order valence-corrected chi connectivity index (χ0v) is 14.7. The lowest BCUT2D eigenvalue weighted by atomic mass is 10.1. The first-order valence-electron chi connectivity index (χ1n) is 7.17. The molecule has 0 radical (unpaired) electrons. The number of carbonyl (C=O) groups is 1. The monoisotopic (exact) mass is 351 g/mol. The van der Waals surface area contributed by atoms with E-state index >= 15 is 0 Å². The van der Waals surface area contributed by atoms with Crippen LogP contribution in [0.25, 0.3) is 0 Å². The molecular weight excluding hydrogens is 333 g/mol. The van der Waals surface area contributed by atoms with Crippen molar-refractivity contribution in [3.8, 4) is 0 Å². The Morgan fingerprint density at radius 1 is 1.13 bits per heavy atom. The maximum absolute atomic E-state index is 12.2. The van der Waals surface area contributed by atoms with Crippen LogP contribution in [0.1, 0.15) is 18.5 Å². The maximum Gasteiger partial charge on any atom is 0.319 e. The minimum absolute atomic E-state index is 0.244. The highest BCUT2D eigenvalue weighted by Crippen LogP contribution is 2.27. The second kappa shape index (κ2) is 7.57. The van der Waals surface area contributed by atoms with E-state index in [-0.39, 0.29) is 12.1 Å². The third-order valence-electron chi connectivity index (χ3n) is 3.41. The van der Waals surface area contributed by atoms with Gasteiger partial charge < -0.3 is 15.5 Å². The highest BCUT2D eigenvalue weighted by molar-refractivity contribution is 6.35. The predicted molar refractivity (Wildman–Crippen MR) is 97.8 cm³/mol. The first-order valence-corrected chi connectivity index (χ1v) is 7.93. The summed E-state index contributed by atoms with van der Waals surface area (Å²) in [5, 5.41) is 6.83. The zero-order valence-electron chi connectivity index (χ0n) is 13.2. The number of hydrogen-bond acceptors (Lipinski definition) is 2. The van der Waals surface area contributed by atoms with E-state index in [1.807, 2.05) is 56.3 Å². The molecule has 1 atom stereocenters. The summed E-state index contributed by atoms with van der Waals surface area (Å²) in [7, 11) is 3.85. The van der Waals surface area contributed by atoms with Crippen LogP contribution in [-0.4, -0.2) is 20.1 Å². The van der Waals surface area contributed by atoms with Gasteiger partial charge >= 0.3 is 6.03 Å². The summed E-state index contributed by atoms with van der Waals surface area (Å²) >= 11 is 12.1. The third kappa shape index (κ3) is 4.53. The summed E-state index contributed by atoms with van der Waals surface area (Å²) in [4.78, 5) is 14.2. The Balaban J connectivity index is 2.08. The number of hydrogen-bond donors (Lipinski definition) is 2. The Kier molecular flexibility index (Phi) is 5.74. The summed E-state index contributed by atoms with van der Waals surface area (Å²) in [6, 6.07) is 12.3. The van der Waals surface area contributed by atoms with E-state index in [4.69, 9.17) is 23.2 Å². The van der Waals surface area contributed by atoms with E-state index < -0.39 is 0 Å². The van der Waals surface area contributed by atoms with Gasteiger partial charge in [0.2, 0.25) is 0 Å². The molecule has 0 saturated heterocycles. The van der Waals surface area contributed by atoms with Crippen LogP contribution in [-0.2, 0) is 0 Å². The summed E-state index contributed by atoms with van der Waals surface area (Å²) in [5.74, 6) is 0. The van der Waals surface area contributed by atoms with E-state index in [1.54, 1.807) is 12.1 Å². The molecule has 0 saturated carbocycles. The van der Waals surface area contributed by atoms with Crippen LogP contribution in [0.15, 0.2) is 42.5 Å². The first-order chi connectivity index (χ1) is 10.9. The molecule has 2 N–H and O–H groups in total. The average Bonchev–Trinajstić information content (AvgIpc) is 2.47. The lowest BCUT2D eigenvalue weighted by Gasteiger charge is -2.20. The molecule has 0 bridgehead atoms. The van der Waals surface area contributed by atoms with Crippen molar-refractivity contribution >= 4 is 40.6 Å². The van der Waals surface area contributed by atoms with Gasteiger partial charge in [0.25, 0.3) is 0 Å². The molecule has 2 amide bonds.